The largest absolute Gasteiger partial charge is 0.417 e. The predicted molar refractivity (Wildman–Crippen MR) is 93.5 cm³/mol. The summed E-state index contributed by atoms with van der Waals surface area (Å²) in [5, 5.41) is 0.498. The van der Waals surface area contributed by atoms with Crippen LogP contribution in [0.5, 0.6) is 0 Å². The number of nitrogens with zero attached hydrogens (tertiary/aromatic N) is 1. The van der Waals surface area contributed by atoms with Crippen LogP contribution >= 0.6 is 11.6 Å². The first-order valence-electron chi connectivity index (χ1n) is 7.63. The summed E-state index contributed by atoms with van der Waals surface area (Å²) in [6.07, 6.45) is -0.768. The molecule has 8 heteroatoms. The van der Waals surface area contributed by atoms with E-state index in [1.807, 2.05) is 0 Å². The van der Waals surface area contributed by atoms with Crippen LogP contribution in [0.4, 0.5) is 13.2 Å². The molecule has 1 aromatic carbocycles. The maximum atomic E-state index is 13.1. The topological polar surface area (TPSA) is 54.0 Å². The molecule has 0 aliphatic heterocycles. The standard InChI is InChI=1S/C18H17ClF3N3O/c1-3-8-17(2,12-5-4-6-13(19)10-12)25-24-16(26)14-11-23-9-7-15(14)18(20,21)22/h3-7,9-11,25H,1,8H2,2H3,(H,24,26). The fourth-order valence-electron chi connectivity index (χ4n) is 2.45. The number of aromatic nitrogens is 1. The number of carbonyl (C=O) groups excluding carboxylic acids is 1. The SMILES string of the molecule is C=CCC(C)(NNC(=O)c1cnccc1C(F)(F)F)c1cccc(Cl)c1. The molecule has 0 bridgehead atoms. The Morgan fingerprint density at radius 1 is 1.35 bits per heavy atom. The zero-order valence-corrected chi connectivity index (χ0v) is 14.7. The molecule has 1 heterocycles. The number of hydrazine groups is 1. The minimum absolute atomic E-state index is 0.396. The van der Waals surface area contributed by atoms with Crippen LogP contribution in [0, 0.1) is 0 Å². The number of hydrogen-bond acceptors (Lipinski definition) is 3. The van der Waals surface area contributed by atoms with E-state index in [2.05, 4.69) is 22.4 Å². The lowest BCUT2D eigenvalue weighted by molar-refractivity contribution is -0.138. The summed E-state index contributed by atoms with van der Waals surface area (Å²) in [7, 11) is 0. The summed E-state index contributed by atoms with van der Waals surface area (Å²) >= 11 is 6.01. The molecule has 2 aromatic rings. The molecule has 0 aliphatic rings. The molecule has 0 fully saturated rings. The number of amides is 1. The Morgan fingerprint density at radius 3 is 2.69 bits per heavy atom. The first-order valence-corrected chi connectivity index (χ1v) is 8.01. The second-order valence-corrected chi connectivity index (χ2v) is 6.27. The van der Waals surface area contributed by atoms with Crippen LogP contribution in [0.1, 0.15) is 34.8 Å². The van der Waals surface area contributed by atoms with Gasteiger partial charge in [0.1, 0.15) is 0 Å². The second kappa shape index (κ2) is 7.88. The fourth-order valence-corrected chi connectivity index (χ4v) is 2.64. The molecule has 1 amide bonds. The molecule has 2 N–H and O–H groups in total. The Balaban J connectivity index is 2.25. The highest BCUT2D eigenvalue weighted by atomic mass is 35.5. The average Bonchev–Trinajstić information content (AvgIpc) is 2.59. The van der Waals surface area contributed by atoms with E-state index in [0.717, 1.165) is 24.0 Å². The number of rotatable bonds is 6. The Hall–Kier alpha value is -2.38. The van der Waals surface area contributed by atoms with Crippen molar-refractivity contribution in [1.29, 1.82) is 0 Å². The molecule has 1 atom stereocenters. The summed E-state index contributed by atoms with van der Waals surface area (Å²) in [4.78, 5) is 15.9. The van der Waals surface area contributed by atoms with Crippen molar-refractivity contribution >= 4 is 17.5 Å². The molecule has 0 saturated carbocycles. The highest BCUT2D eigenvalue weighted by Gasteiger charge is 2.35. The smallest absolute Gasteiger partial charge is 0.287 e. The quantitative estimate of drug-likeness (QED) is 0.571. The molecular weight excluding hydrogens is 367 g/mol. The molecule has 2 rings (SSSR count). The number of carbonyl (C=O) groups is 1. The summed E-state index contributed by atoms with van der Waals surface area (Å²) in [5.41, 5.74) is 3.43. The van der Waals surface area contributed by atoms with Gasteiger partial charge in [0, 0.05) is 17.4 Å². The first kappa shape index (κ1) is 19.9. The third-order valence-electron chi connectivity index (χ3n) is 3.84. The summed E-state index contributed by atoms with van der Waals surface area (Å²) < 4.78 is 39.2. The Bertz CT molecular complexity index is 810. The van der Waals surface area contributed by atoms with Crippen molar-refractivity contribution in [3.05, 3.63) is 77.1 Å². The minimum atomic E-state index is -4.66. The van der Waals surface area contributed by atoms with E-state index in [4.69, 9.17) is 11.6 Å². The fraction of sp³-hybridized carbons (Fsp3) is 0.222. The lowest BCUT2D eigenvalue weighted by Gasteiger charge is -2.31. The Kier molecular flexibility index (Phi) is 6.05. The van der Waals surface area contributed by atoms with Crippen molar-refractivity contribution in [2.45, 2.75) is 25.1 Å². The van der Waals surface area contributed by atoms with Crippen LogP contribution in [0.15, 0.2) is 55.4 Å². The van der Waals surface area contributed by atoms with Gasteiger partial charge in [-0.15, -0.1) is 6.58 Å². The second-order valence-electron chi connectivity index (χ2n) is 5.83. The Morgan fingerprint density at radius 2 is 2.08 bits per heavy atom. The van der Waals surface area contributed by atoms with Gasteiger partial charge in [0.2, 0.25) is 0 Å². The van der Waals surface area contributed by atoms with Gasteiger partial charge in [0.05, 0.1) is 16.7 Å². The molecule has 0 saturated heterocycles. The van der Waals surface area contributed by atoms with Gasteiger partial charge in [0.15, 0.2) is 0 Å². The van der Waals surface area contributed by atoms with Gasteiger partial charge in [0.25, 0.3) is 5.91 Å². The lowest BCUT2D eigenvalue weighted by atomic mass is 9.89. The summed E-state index contributed by atoms with van der Waals surface area (Å²) in [6.45, 7) is 5.45. The van der Waals surface area contributed by atoms with Gasteiger partial charge in [-0.05, 0) is 37.1 Å². The average molecular weight is 384 g/mol. The van der Waals surface area contributed by atoms with Crippen molar-refractivity contribution < 1.29 is 18.0 Å². The van der Waals surface area contributed by atoms with Gasteiger partial charge < -0.3 is 0 Å². The normalized spacial score (nSPS) is 13.7. The van der Waals surface area contributed by atoms with E-state index < -0.39 is 28.7 Å². The molecule has 1 unspecified atom stereocenters. The number of benzene rings is 1. The van der Waals surface area contributed by atoms with Gasteiger partial charge in [-0.2, -0.15) is 13.2 Å². The lowest BCUT2D eigenvalue weighted by Crippen LogP contribution is -2.50. The van der Waals surface area contributed by atoms with Gasteiger partial charge in [-0.1, -0.05) is 29.8 Å². The summed E-state index contributed by atoms with van der Waals surface area (Å²) in [6, 6.07) is 7.69. The van der Waals surface area contributed by atoms with E-state index in [1.165, 1.54) is 0 Å². The van der Waals surface area contributed by atoms with Crippen LogP contribution in [0.3, 0.4) is 0 Å². The van der Waals surface area contributed by atoms with Crippen molar-refractivity contribution in [3.8, 4) is 0 Å². The maximum absolute atomic E-state index is 13.1. The van der Waals surface area contributed by atoms with E-state index >= 15 is 0 Å². The van der Waals surface area contributed by atoms with Gasteiger partial charge >= 0.3 is 6.18 Å². The molecule has 138 valence electrons. The van der Waals surface area contributed by atoms with Crippen molar-refractivity contribution in [3.63, 3.8) is 0 Å². The van der Waals surface area contributed by atoms with Crippen molar-refractivity contribution in [2.24, 2.45) is 0 Å². The molecule has 0 aliphatic carbocycles. The summed E-state index contributed by atoms with van der Waals surface area (Å²) in [5.74, 6) is -0.942. The van der Waals surface area contributed by atoms with Crippen molar-refractivity contribution in [2.75, 3.05) is 0 Å². The zero-order chi connectivity index (χ0) is 19.4. The number of hydrogen-bond donors (Lipinski definition) is 2. The Labute approximate surface area is 154 Å². The molecule has 0 radical (unpaired) electrons. The monoisotopic (exact) mass is 383 g/mol. The van der Waals surface area contributed by atoms with E-state index in [0.29, 0.717) is 11.4 Å². The molecular formula is C18H17ClF3N3O. The number of alkyl halides is 3. The first-order chi connectivity index (χ1) is 12.2. The van der Waals surface area contributed by atoms with Crippen LogP contribution in [0.25, 0.3) is 0 Å². The van der Waals surface area contributed by atoms with E-state index in [9.17, 15) is 18.0 Å². The molecule has 26 heavy (non-hydrogen) atoms. The maximum Gasteiger partial charge on any atom is 0.417 e. The van der Waals surface area contributed by atoms with E-state index in [1.54, 1.807) is 37.3 Å². The van der Waals surface area contributed by atoms with Gasteiger partial charge in [-0.25, -0.2) is 5.43 Å². The predicted octanol–water partition coefficient (Wildman–Crippen LogP) is 4.48. The highest BCUT2D eigenvalue weighted by Crippen LogP contribution is 2.31. The number of nitrogens with one attached hydrogen (secondary N) is 2. The molecule has 0 spiro atoms. The minimum Gasteiger partial charge on any atom is -0.287 e. The van der Waals surface area contributed by atoms with Gasteiger partial charge in [-0.3, -0.25) is 15.2 Å². The number of halogens is 4. The van der Waals surface area contributed by atoms with Crippen LogP contribution in [-0.2, 0) is 11.7 Å². The third kappa shape index (κ3) is 4.62. The molecule has 1 aromatic heterocycles. The highest BCUT2D eigenvalue weighted by molar-refractivity contribution is 6.30. The van der Waals surface area contributed by atoms with Crippen LogP contribution in [-0.4, -0.2) is 10.9 Å². The van der Waals surface area contributed by atoms with Crippen LogP contribution in [0.2, 0.25) is 5.02 Å². The number of pyridine rings is 1. The zero-order valence-electron chi connectivity index (χ0n) is 13.9. The van der Waals surface area contributed by atoms with E-state index in [-0.39, 0.29) is 0 Å². The third-order valence-corrected chi connectivity index (χ3v) is 4.07. The van der Waals surface area contributed by atoms with Crippen molar-refractivity contribution in [1.82, 2.24) is 15.8 Å². The molecule has 4 nitrogen and oxygen atoms in total. The van der Waals surface area contributed by atoms with Crippen LogP contribution < -0.4 is 10.9 Å².